The van der Waals surface area contributed by atoms with Gasteiger partial charge in [-0.2, -0.15) is 12.7 Å². The first kappa shape index (κ1) is 13.8. The van der Waals surface area contributed by atoms with Crippen LogP contribution in [0.3, 0.4) is 0 Å². The molecule has 18 heavy (non-hydrogen) atoms. The molecule has 0 atom stereocenters. The van der Waals surface area contributed by atoms with Gasteiger partial charge < -0.3 is 0 Å². The second-order valence-corrected chi connectivity index (χ2v) is 7.21. The van der Waals surface area contributed by atoms with Crippen molar-refractivity contribution in [3.63, 3.8) is 0 Å². The van der Waals surface area contributed by atoms with Crippen LogP contribution in [0.25, 0.3) is 0 Å². The molecule has 0 aliphatic carbocycles. The molecule has 0 aromatic heterocycles. The highest BCUT2D eigenvalue weighted by molar-refractivity contribution is 9.10. The number of anilines is 1. The van der Waals surface area contributed by atoms with E-state index in [1.54, 1.807) is 0 Å². The van der Waals surface area contributed by atoms with Gasteiger partial charge in [-0.3, -0.25) is 4.72 Å². The van der Waals surface area contributed by atoms with Gasteiger partial charge in [0.25, 0.3) is 0 Å². The second kappa shape index (κ2) is 5.19. The molecule has 1 aliphatic rings. The van der Waals surface area contributed by atoms with Gasteiger partial charge in [0.1, 0.15) is 0 Å². The molecule has 2 rings (SSSR count). The molecule has 1 aromatic carbocycles. The fourth-order valence-electron chi connectivity index (χ4n) is 2.19. The Kier molecular flexibility index (Phi) is 3.99. The Labute approximate surface area is 117 Å². The lowest BCUT2D eigenvalue weighted by Gasteiger charge is -2.19. The van der Waals surface area contributed by atoms with Crippen LogP contribution < -0.4 is 4.72 Å². The minimum Gasteiger partial charge on any atom is -0.270 e. The molecule has 0 radical (unpaired) electrons. The molecule has 1 fully saturated rings. The van der Waals surface area contributed by atoms with Gasteiger partial charge in [0.05, 0.1) is 5.69 Å². The van der Waals surface area contributed by atoms with E-state index in [2.05, 4.69) is 20.7 Å². The summed E-state index contributed by atoms with van der Waals surface area (Å²) in [6, 6.07) is 3.82. The number of aryl methyl sites for hydroxylation is 2. The molecular weight excluding hydrogens is 316 g/mol. The normalized spacial score (nSPS) is 17.1. The number of halogens is 1. The first-order valence-corrected chi connectivity index (χ1v) is 8.18. The number of hydrogen-bond acceptors (Lipinski definition) is 2. The predicted molar refractivity (Wildman–Crippen MR) is 77.0 cm³/mol. The molecule has 0 unspecified atom stereocenters. The summed E-state index contributed by atoms with van der Waals surface area (Å²) < 4.78 is 29.6. The molecule has 0 amide bonds. The van der Waals surface area contributed by atoms with Crippen LogP contribution >= 0.6 is 15.9 Å². The first-order valence-electron chi connectivity index (χ1n) is 5.95. The minimum atomic E-state index is -3.40. The summed E-state index contributed by atoms with van der Waals surface area (Å²) >= 11 is 3.41. The van der Waals surface area contributed by atoms with Gasteiger partial charge >= 0.3 is 10.2 Å². The van der Waals surface area contributed by atoms with Crippen molar-refractivity contribution >= 4 is 31.8 Å². The van der Waals surface area contributed by atoms with Crippen LogP contribution in [-0.4, -0.2) is 25.8 Å². The third-order valence-corrected chi connectivity index (χ3v) is 5.10. The third-order valence-electron chi connectivity index (χ3n) is 3.13. The SMILES string of the molecule is Cc1cc(Br)cc(C)c1NS(=O)(=O)N1CCCC1. The highest BCUT2D eigenvalue weighted by Crippen LogP contribution is 2.27. The summed E-state index contributed by atoms with van der Waals surface area (Å²) in [7, 11) is -3.40. The average Bonchev–Trinajstić information content (AvgIpc) is 2.77. The standard InChI is InChI=1S/C12H17BrN2O2S/c1-9-7-11(13)8-10(2)12(9)14-18(16,17)15-5-3-4-6-15/h7-8,14H,3-6H2,1-2H3. The maximum absolute atomic E-state index is 12.2. The van der Waals surface area contributed by atoms with E-state index >= 15 is 0 Å². The molecule has 100 valence electrons. The van der Waals surface area contributed by atoms with E-state index in [1.165, 1.54) is 4.31 Å². The molecule has 0 saturated carbocycles. The molecular formula is C12H17BrN2O2S. The second-order valence-electron chi connectivity index (χ2n) is 4.63. The van der Waals surface area contributed by atoms with Crippen LogP contribution in [0.1, 0.15) is 24.0 Å². The van der Waals surface area contributed by atoms with Gasteiger partial charge in [-0.25, -0.2) is 0 Å². The van der Waals surface area contributed by atoms with E-state index in [1.807, 2.05) is 26.0 Å². The van der Waals surface area contributed by atoms with Crippen molar-refractivity contribution in [2.24, 2.45) is 0 Å². The highest BCUT2D eigenvalue weighted by atomic mass is 79.9. The van der Waals surface area contributed by atoms with E-state index in [-0.39, 0.29) is 0 Å². The maximum Gasteiger partial charge on any atom is 0.301 e. The van der Waals surface area contributed by atoms with Crippen molar-refractivity contribution in [3.8, 4) is 0 Å². The molecule has 4 nitrogen and oxygen atoms in total. The smallest absolute Gasteiger partial charge is 0.270 e. The fraction of sp³-hybridized carbons (Fsp3) is 0.500. The predicted octanol–water partition coefficient (Wildman–Crippen LogP) is 2.82. The van der Waals surface area contributed by atoms with E-state index in [0.29, 0.717) is 18.8 Å². The Hall–Kier alpha value is -0.590. The summed E-state index contributed by atoms with van der Waals surface area (Å²) in [6.45, 7) is 5.03. The molecule has 1 aliphatic heterocycles. The van der Waals surface area contributed by atoms with Crippen molar-refractivity contribution in [1.29, 1.82) is 0 Å². The lowest BCUT2D eigenvalue weighted by Crippen LogP contribution is -2.33. The van der Waals surface area contributed by atoms with Crippen LogP contribution in [0.2, 0.25) is 0 Å². The lowest BCUT2D eigenvalue weighted by molar-refractivity contribution is 0.482. The Balaban J connectivity index is 2.29. The molecule has 0 spiro atoms. The molecule has 1 N–H and O–H groups in total. The Morgan fingerprint density at radius 2 is 1.67 bits per heavy atom. The van der Waals surface area contributed by atoms with E-state index in [9.17, 15) is 8.42 Å². The quantitative estimate of drug-likeness (QED) is 0.925. The molecule has 1 aromatic rings. The van der Waals surface area contributed by atoms with Crippen LogP contribution in [0.15, 0.2) is 16.6 Å². The number of benzene rings is 1. The van der Waals surface area contributed by atoms with Gasteiger partial charge in [-0.15, -0.1) is 0 Å². The largest absolute Gasteiger partial charge is 0.301 e. The lowest BCUT2D eigenvalue weighted by atomic mass is 10.1. The van der Waals surface area contributed by atoms with E-state index in [0.717, 1.165) is 28.4 Å². The number of nitrogens with zero attached hydrogens (tertiary/aromatic N) is 1. The molecule has 0 bridgehead atoms. The van der Waals surface area contributed by atoms with Gasteiger partial charge in [0.15, 0.2) is 0 Å². The van der Waals surface area contributed by atoms with Gasteiger partial charge in [-0.05, 0) is 49.9 Å². The van der Waals surface area contributed by atoms with E-state index in [4.69, 9.17) is 0 Å². The van der Waals surface area contributed by atoms with Gasteiger partial charge in [0, 0.05) is 17.6 Å². The average molecular weight is 333 g/mol. The van der Waals surface area contributed by atoms with Crippen LogP contribution in [0.5, 0.6) is 0 Å². The van der Waals surface area contributed by atoms with Crippen molar-refractivity contribution in [1.82, 2.24) is 4.31 Å². The zero-order valence-electron chi connectivity index (χ0n) is 10.5. The van der Waals surface area contributed by atoms with Crippen molar-refractivity contribution in [3.05, 3.63) is 27.7 Å². The molecule has 6 heteroatoms. The van der Waals surface area contributed by atoms with Crippen molar-refractivity contribution < 1.29 is 8.42 Å². The third kappa shape index (κ3) is 2.87. The summed E-state index contributed by atoms with van der Waals surface area (Å²) in [5.74, 6) is 0. The Morgan fingerprint density at radius 1 is 1.17 bits per heavy atom. The van der Waals surface area contributed by atoms with Crippen LogP contribution in [0, 0.1) is 13.8 Å². The monoisotopic (exact) mass is 332 g/mol. The fourth-order valence-corrected chi connectivity index (χ4v) is 4.33. The Bertz CT molecular complexity index is 528. The number of rotatable bonds is 3. The highest BCUT2D eigenvalue weighted by Gasteiger charge is 2.26. The maximum atomic E-state index is 12.2. The first-order chi connectivity index (χ1) is 8.40. The summed E-state index contributed by atoms with van der Waals surface area (Å²) in [5.41, 5.74) is 2.53. The summed E-state index contributed by atoms with van der Waals surface area (Å²) in [4.78, 5) is 0. The number of hydrogen-bond donors (Lipinski definition) is 1. The molecule has 1 heterocycles. The number of nitrogens with one attached hydrogen (secondary N) is 1. The minimum absolute atomic E-state index is 0.615. The topological polar surface area (TPSA) is 49.4 Å². The molecule has 1 saturated heterocycles. The summed E-state index contributed by atoms with van der Waals surface area (Å²) in [6.07, 6.45) is 1.89. The van der Waals surface area contributed by atoms with E-state index < -0.39 is 10.2 Å². The zero-order valence-corrected chi connectivity index (χ0v) is 12.9. The van der Waals surface area contributed by atoms with Crippen molar-refractivity contribution in [2.45, 2.75) is 26.7 Å². The zero-order chi connectivity index (χ0) is 13.3. The van der Waals surface area contributed by atoms with Gasteiger partial charge in [-0.1, -0.05) is 15.9 Å². The summed E-state index contributed by atoms with van der Waals surface area (Å²) in [5, 5.41) is 0. The van der Waals surface area contributed by atoms with Crippen LogP contribution in [0.4, 0.5) is 5.69 Å². The van der Waals surface area contributed by atoms with Crippen LogP contribution in [-0.2, 0) is 10.2 Å². The van der Waals surface area contributed by atoms with Crippen molar-refractivity contribution in [2.75, 3.05) is 17.8 Å². The Morgan fingerprint density at radius 3 is 2.17 bits per heavy atom. The van der Waals surface area contributed by atoms with Gasteiger partial charge in [0.2, 0.25) is 0 Å².